The number of benzene rings is 1. The van der Waals surface area contributed by atoms with Gasteiger partial charge in [0.15, 0.2) is 10.8 Å². The zero-order valence-electron chi connectivity index (χ0n) is 16.5. The number of morpholine rings is 1. The average molecular weight is 412 g/mol. The number of aryl methyl sites for hydroxylation is 1. The van der Waals surface area contributed by atoms with Crippen LogP contribution in [-0.2, 0) is 16.0 Å². The summed E-state index contributed by atoms with van der Waals surface area (Å²) < 4.78 is 11.1. The van der Waals surface area contributed by atoms with Crippen molar-refractivity contribution in [3.63, 3.8) is 0 Å². The highest BCUT2D eigenvalue weighted by Crippen LogP contribution is 2.26. The number of nitrogens with one attached hydrogen (secondary N) is 1. The van der Waals surface area contributed by atoms with E-state index in [0.29, 0.717) is 6.54 Å². The molecule has 29 heavy (non-hydrogen) atoms. The predicted octanol–water partition coefficient (Wildman–Crippen LogP) is 3.44. The summed E-state index contributed by atoms with van der Waals surface area (Å²) in [7, 11) is 0. The molecule has 1 aliphatic rings. The molecule has 0 aliphatic carbocycles. The Morgan fingerprint density at radius 1 is 1.21 bits per heavy atom. The van der Waals surface area contributed by atoms with Crippen LogP contribution >= 0.6 is 11.3 Å². The van der Waals surface area contributed by atoms with Crippen molar-refractivity contribution < 1.29 is 13.9 Å². The fraction of sp³-hybridized carbons (Fsp3) is 0.364. The quantitative estimate of drug-likeness (QED) is 0.645. The van der Waals surface area contributed by atoms with E-state index in [1.54, 1.807) is 0 Å². The summed E-state index contributed by atoms with van der Waals surface area (Å²) in [5.74, 6) is 1.58. The molecule has 2 aromatic heterocycles. The molecule has 1 aliphatic heterocycles. The lowest BCUT2D eigenvalue weighted by Crippen LogP contribution is -2.44. The second-order valence-corrected chi connectivity index (χ2v) is 7.97. The van der Waals surface area contributed by atoms with Crippen molar-refractivity contribution in [2.45, 2.75) is 19.4 Å². The number of aromatic nitrogens is 1. The second kappa shape index (κ2) is 9.35. The first kappa shape index (κ1) is 19.8. The number of thiazole rings is 1. The Balaban J connectivity index is 1.37. The van der Waals surface area contributed by atoms with Gasteiger partial charge in [-0.3, -0.25) is 9.69 Å². The first-order valence-electron chi connectivity index (χ1n) is 9.84. The highest BCUT2D eigenvalue weighted by Gasteiger charge is 2.23. The summed E-state index contributed by atoms with van der Waals surface area (Å²) >= 11 is 1.49. The van der Waals surface area contributed by atoms with Gasteiger partial charge < -0.3 is 14.5 Å². The molecule has 6 nitrogen and oxygen atoms in total. The van der Waals surface area contributed by atoms with E-state index in [1.165, 1.54) is 16.9 Å². The van der Waals surface area contributed by atoms with Gasteiger partial charge >= 0.3 is 0 Å². The lowest BCUT2D eigenvalue weighted by atomic mass is 10.0. The zero-order chi connectivity index (χ0) is 20.1. The molecule has 3 heterocycles. The molecule has 0 saturated carbocycles. The van der Waals surface area contributed by atoms with Crippen molar-refractivity contribution in [1.29, 1.82) is 0 Å². The molecule has 7 heteroatoms. The van der Waals surface area contributed by atoms with E-state index in [1.807, 2.05) is 42.6 Å². The molecular formula is C22H25N3O3S. The summed E-state index contributed by atoms with van der Waals surface area (Å²) in [6.07, 6.45) is 0.265. The van der Waals surface area contributed by atoms with E-state index >= 15 is 0 Å². The van der Waals surface area contributed by atoms with Crippen molar-refractivity contribution in [2.75, 3.05) is 32.8 Å². The fourth-order valence-corrected chi connectivity index (χ4v) is 4.29. The van der Waals surface area contributed by atoms with Crippen LogP contribution in [0.2, 0.25) is 0 Å². The van der Waals surface area contributed by atoms with E-state index in [0.717, 1.165) is 48.5 Å². The van der Waals surface area contributed by atoms with Crippen molar-refractivity contribution in [3.05, 3.63) is 64.9 Å². The lowest BCUT2D eigenvalue weighted by Gasteiger charge is -2.34. The maximum absolute atomic E-state index is 12.6. The van der Waals surface area contributed by atoms with E-state index in [4.69, 9.17) is 9.15 Å². The standard InChI is InChI=1S/C22H25N3O3S/c1-16-7-8-20(28-16)22-24-18(15-29-22)13-21(26)23-14-19(17-5-3-2-4-6-17)25-9-11-27-12-10-25/h2-8,15,19H,9-14H2,1H3,(H,23,26). The van der Waals surface area contributed by atoms with Crippen molar-refractivity contribution in [3.8, 4) is 10.8 Å². The number of rotatable bonds is 7. The molecule has 152 valence electrons. The minimum Gasteiger partial charge on any atom is -0.459 e. The molecule has 1 saturated heterocycles. The van der Waals surface area contributed by atoms with Crippen LogP contribution in [0.15, 0.2) is 52.3 Å². The smallest absolute Gasteiger partial charge is 0.226 e. The molecule has 1 aromatic carbocycles. The number of hydrogen-bond donors (Lipinski definition) is 1. The summed E-state index contributed by atoms with van der Waals surface area (Å²) in [5.41, 5.74) is 1.97. The molecule has 1 unspecified atom stereocenters. The van der Waals surface area contributed by atoms with Gasteiger partial charge in [-0.1, -0.05) is 30.3 Å². The number of furan rings is 1. The largest absolute Gasteiger partial charge is 0.459 e. The van der Waals surface area contributed by atoms with Crippen LogP contribution in [0, 0.1) is 6.92 Å². The lowest BCUT2D eigenvalue weighted by molar-refractivity contribution is -0.120. The highest BCUT2D eigenvalue weighted by molar-refractivity contribution is 7.13. The van der Waals surface area contributed by atoms with Crippen molar-refractivity contribution in [1.82, 2.24) is 15.2 Å². The molecule has 1 atom stereocenters. The van der Waals surface area contributed by atoms with Crippen molar-refractivity contribution >= 4 is 17.2 Å². The van der Waals surface area contributed by atoms with Gasteiger partial charge in [0.1, 0.15) is 5.76 Å². The minimum absolute atomic E-state index is 0.0216. The molecule has 0 bridgehead atoms. The Morgan fingerprint density at radius 3 is 2.72 bits per heavy atom. The maximum atomic E-state index is 12.6. The van der Waals surface area contributed by atoms with Gasteiger partial charge in [-0.25, -0.2) is 4.98 Å². The van der Waals surface area contributed by atoms with E-state index < -0.39 is 0 Å². The number of carbonyl (C=O) groups excluding carboxylic acids is 1. The van der Waals surface area contributed by atoms with E-state index in [2.05, 4.69) is 27.3 Å². The fourth-order valence-electron chi connectivity index (χ4n) is 3.51. The van der Waals surface area contributed by atoms with Crippen LogP contribution in [0.5, 0.6) is 0 Å². The van der Waals surface area contributed by atoms with Gasteiger partial charge in [0, 0.05) is 25.0 Å². The normalized spacial score (nSPS) is 15.9. The summed E-state index contributed by atoms with van der Waals surface area (Å²) in [5, 5.41) is 5.82. The van der Waals surface area contributed by atoms with Crippen LogP contribution in [-0.4, -0.2) is 48.6 Å². The van der Waals surface area contributed by atoms with Gasteiger partial charge in [-0.2, -0.15) is 0 Å². The van der Waals surface area contributed by atoms with E-state index in [-0.39, 0.29) is 18.4 Å². The molecular weight excluding hydrogens is 386 g/mol. The van der Waals surface area contributed by atoms with Crippen LogP contribution < -0.4 is 5.32 Å². The van der Waals surface area contributed by atoms with Crippen LogP contribution in [0.25, 0.3) is 10.8 Å². The topological polar surface area (TPSA) is 67.6 Å². The molecule has 0 spiro atoms. The maximum Gasteiger partial charge on any atom is 0.226 e. The Labute approximate surface area is 174 Å². The zero-order valence-corrected chi connectivity index (χ0v) is 17.3. The molecule has 1 fully saturated rings. The molecule has 3 aromatic rings. The summed E-state index contributed by atoms with van der Waals surface area (Å²) in [4.78, 5) is 19.5. The number of carbonyl (C=O) groups is 1. The average Bonchev–Trinajstić information content (AvgIpc) is 3.39. The number of ether oxygens (including phenoxy) is 1. The van der Waals surface area contributed by atoms with Gasteiger partial charge in [0.2, 0.25) is 5.91 Å². The van der Waals surface area contributed by atoms with Crippen LogP contribution in [0.4, 0.5) is 0 Å². The molecule has 4 rings (SSSR count). The first-order chi connectivity index (χ1) is 14.2. The van der Waals surface area contributed by atoms with Crippen LogP contribution in [0.1, 0.15) is 23.1 Å². The van der Waals surface area contributed by atoms with E-state index in [9.17, 15) is 4.79 Å². The Hall–Kier alpha value is -2.48. The van der Waals surface area contributed by atoms with Gasteiger partial charge in [-0.05, 0) is 24.6 Å². The third kappa shape index (κ3) is 5.12. The van der Waals surface area contributed by atoms with Crippen molar-refractivity contribution in [2.24, 2.45) is 0 Å². The highest BCUT2D eigenvalue weighted by atomic mass is 32.1. The Morgan fingerprint density at radius 2 is 2.00 bits per heavy atom. The number of hydrogen-bond acceptors (Lipinski definition) is 6. The summed E-state index contributed by atoms with van der Waals surface area (Å²) in [6.45, 7) is 5.66. The molecule has 1 amide bonds. The monoisotopic (exact) mass is 411 g/mol. The van der Waals surface area contributed by atoms with Gasteiger partial charge in [0.05, 0.1) is 31.4 Å². The van der Waals surface area contributed by atoms with Gasteiger partial charge in [0.25, 0.3) is 0 Å². The Bertz CT molecular complexity index is 932. The molecule has 0 radical (unpaired) electrons. The summed E-state index contributed by atoms with van der Waals surface area (Å²) in [6, 6.07) is 14.3. The second-order valence-electron chi connectivity index (χ2n) is 7.11. The Kier molecular flexibility index (Phi) is 6.39. The minimum atomic E-state index is -0.0216. The SMILES string of the molecule is Cc1ccc(-c2nc(CC(=O)NCC(c3ccccc3)N3CCOCC3)cs2)o1. The number of amides is 1. The van der Waals surface area contributed by atoms with Gasteiger partial charge in [-0.15, -0.1) is 11.3 Å². The number of nitrogens with zero attached hydrogens (tertiary/aromatic N) is 2. The predicted molar refractivity (Wildman–Crippen MR) is 113 cm³/mol. The third-order valence-corrected chi connectivity index (χ3v) is 5.91. The molecule has 1 N–H and O–H groups in total. The first-order valence-corrected chi connectivity index (χ1v) is 10.7. The van der Waals surface area contributed by atoms with Crippen LogP contribution in [0.3, 0.4) is 0 Å². The third-order valence-electron chi connectivity index (χ3n) is 5.01.